The summed E-state index contributed by atoms with van der Waals surface area (Å²) in [5.41, 5.74) is 21.8. The Labute approximate surface area is 536 Å². The van der Waals surface area contributed by atoms with Crippen LogP contribution in [0, 0.1) is 0 Å². The molecule has 0 atom stereocenters. The van der Waals surface area contributed by atoms with Gasteiger partial charge in [0.25, 0.3) is 0 Å². The third-order valence-corrected chi connectivity index (χ3v) is 20.5. The fraction of sp³-hybridized carbons (Fsp3) is 0.0667. The topological polar surface area (TPSA) is 6.48 Å². The Morgan fingerprint density at radius 3 is 0.848 bits per heavy atom. The first-order valence-corrected chi connectivity index (χ1v) is 32.3. The zero-order valence-electron chi connectivity index (χ0n) is 51.9. The van der Waals surface area contributed by atoms with Crippen molar-refractivity contribution in [1.29, 1.82) is 0 Å². The average Bonchev–Trinajstić information content (AvgIpc) is 1.54. The normalized spacial score (nSPS) is 13.7. The van der Waals surface area contributed by atoms with Crippen molar-refractivity contribution < 1.29 is 0 Å². The molecule has 18 rings (SSSR count). The second-order valence-corrected chi connectivity index (χ2v) is 26.5. The van der Waals surface area contributed by atoms with Gasteiger partial charge in [-0.15, -0.1) is 0 Å². The van der Waals surface area contributed by atoms with E-state index in [1.165, 1.54) is 142 Å². The highest BCUT2D eigenvalue weighted by molar-refractivity contribution is 6.26. The Balaban J connectivity index is 0.639. The molecule has 2 aliphatic carbocycles. The van der Waals surface area contributed by atoms with E-state index >= 15 is 0 Å². The van der Waals surface area contributed by atoms with Crippen LogP contribution < -0.4 is 9.80 Å². The summed E-state index contributed by atoms with van der Waals surface area (Å²) in [6.07, 6.45) is 9.28. The Morgan fingerprint density at radius 2 is 0.500 bits per heavy atom. The van der Waals surface area contributed by atoms with Gasteiger partial charge in [-0.3, -0.25) is 0 Å². The van der Waals surface area contributed by atoms with Gasteiger partial charge in [-0.25, -0.2) is 0 Å². The number of rotatable bonds is 10. The van der Waals surface area contributed by atoms with Crippen molar-refractivity contribution in [2.45, 2.75) is 38.5 Å². The number of anilines is 6. The molecule has 0 aliphatic heterocycles. The molecule has 0 N–H and O–H groups in total. The number of nitrogens with zero attached hydrogens (tertiary/aromatic N) is 2. The summed E-state index contributed by atoms with van der Waals surface area (Å²) in [5, 5.41) is 17.5. The SMILES string of the molecule is CC1(C)c2cc(C=Cc3ccc4ccc5c(C=Cc6ccc7c(c6)C(C)(C)c6cc(N(c8ccc9ccccc9c8)c8ccc9ccccc9c8)ccc6-7)ccc6ccc3c4c65)ccc2-c2ccc(N(c3ccc4ccccc4c3)c3ccc4ccccc4c3)cc21. The molecule has 0 bridgehead atoms. The van der Waals surface area contributed by atoms with E-state index in [1.54, 1.807) is 0 Å². The van der Waals surface area contributed by atoms with Crippen LogP contribution in [-0.2, 0) is 10.8 Å². The van der Waals surface area contributed by atoms with Crippen molar-refractivity contribution in [3.8, 4) is 22.3 Å². The van der Waals surface area contributed by atoms with E-state index in [9.17, 15) is 0 Å². The van der Waals surface area contributed by atoms with Crippen LogP contribution in [0.5, 0.6) is 0 Å². The highest BCUT2D eigenvalue weighted by Gasteiger charge is 2.38. The van der Waals surface area contributed by atoms with Crippen LogP contribution >= 0.6 is 0 Å². The van der Waals surface area contributed by atoms with Gasteiger partial charge in [0, 0.05) is 45.0 Å². The van der Waals surface area contributed by atoms with Gasteiger partial charge in [-0.05, 0) is 215 Å². The summed E-state index contributed by atoms with van der Waals surface area (Å²) in [7, 11) is 0. The second kappa shape index (κ2) is 20.6. The van der Waals surface area contributed by atoms with Gasteiger partial charge >= 0.3 is 0 Å². The van der Waals surface area contributed by atoms with E-state index in [2.05, 4.69) is 353 Å². The number of hydrogen-bond acceptors (Lipinski definition) is 2. The quantitative estimate of drug-likeness (QED) is 0.0995. The van der Waals surface area contributed by atoms with Crippen LogP contribution in [0.1, 0.15) is 72.2 Å². The first-order valence-electron chi connectivity index (χ1n) is 32.3. The minimum absolute atomic E-state index is 0.224. The highest BCUT2D eigenvalue weighted by atomic mass is 15.1. The largest absolute Gasteiger partial charge is 0.310 e. The van der Waals surface area contributed by atoms with Crippen molar-refractivity contribution in [3.63, 3.8) is 0 Å². The first-order chi connectivity index (χ1) is 45.1. The van der Waals surface area contributed by atoms with Gasteiger partial charge in [-0.2, -0.15) is 0 Å². The van der Waals surface area contributed by atoms with Crippen molar-refractivity contribution >= 4 is 134 Å². The summed E-state index contributed by atoms with van der Waals surface area (Å²) in [4.78, 5) is 4.86. The standard InChI is InChI=1S/C90H64N2/c1-89(2)83-49-57(23-43-79(83)81-47-41-75(55-85(81)89)91(71-37-31-59-13-5-9-17-67(59)51-71)72-38-32-60-14-6-10-18-68(60)52-72)21-25-63-27-29-65-36-46-78-64(28-30-66-35-45-77(63)87(65)88(66)78)26-22-58-24-44-80-82-48-42-76(56-86(82)90(3,4)84(80)50-58)92(73-39-33-61-15-7-11-19-69(61)53-73)74-40-34-62-16-8-12-20-70(62)54-74/h5-56H,1-4H3. The monoisotopic (exact) mass is 1170 g/mol. The fourth-order valence-corrected chi connectivity index (χ4v) is 15.6. The molecular formula is C90H64N2. The number of fused-ring (bicyclic) bond motifs is 10. The molecule has 0 aromatic heterocycles. The Bertz CT molecular complexity index is 5280. The third kappa shape index (κ3) is 8.62. The maximum absolute atomic E-state index is 2.44. The maximum Gasteiger partial charge on any atom is 0.0468 e. The van der Waals surface area contributed by atoms with Gasteiger partial charge in [0.2, 0.25) is 0 Å². The number of benzene rings is 16. The Hall–Kier alpha value is -11.3. The lowest BCUT2D eigenvalue weighted by Crippen LogP contribution is -2.16. The fourth-order valence-electron chi connectivity index (χ4n) is 15.6. The van der Waals surface area contributed by atoms with Crippen molar-refractivity contribution in [3.05, 3.63) is 336 Å². The predicted octanol–water partition coefficient (Wildman–Crippen LogP) is 25.1. The van der Waals surface area contributed by atoms with Gasteiger partial charge in [0.15, 0.2) is 0 Å². The third-order valence-electron chi connectivity index (χ3n) is 20.5. The summed E-state index contributed by atoms with van der Waals surface area (Å²) in [6.45, 7) is 9.58. The molecule has 2 aliphatic rings. The zero-order chi connectivity index (χ0) is 61.4. The van der Waals surface area contributed by atoms with E-state index in [4.69, 9.17) is 0 Å². The molecule has 0 unspecified atom stereocenters. The average molecular weight is 1170 g/mol. The summed E-state index contributed by atoms with van der Waals surface area (Å²) >= 11 is 0. The van der Waals surface area contributed by atoms with Crippen LogP contribution in [-0.4, -0.2) is 0 Å². The molecule has 0 saturated carbocycles. The minimum atomic E-state index is -0.224. The summed E-state index contributed by atoms with van der Waals surface area (Å²) in [6, 6.07) is 109. The Kier molecular flexibility index (Phi) is 12.0. The molecule has 0 saturated heterocycles. The molecule has 0 fully saturated rings. The summed E-state index contributed by atoms with van der Waals surface area (Å²) in [5.74, 6) is 0. The van der Waals surface area contributed by atoms with Crippen LogP contribution in [0.3, 0.4) is 0 Å². The Morgan fingerprint density at radius 1 is 0.228 bits per heavy atom. The predicted molar refractivity (Wildman–Crippen MR) is 395 cm³/mol. The molecule has 0 radical (unpaired) electrons. The van der Waals surface area contributed by atoms with Gasteiger partial charge in [-0.1, -0.05) is 270 Å². The molecule has 92 heavy (non-hydrogen) atoms. The molecule has 0 amide bonds. The van der Waals surface area contributed by atoms with E-state index < -0.39 is 0 Å². The molecule has 434 valence electrons. The second-order valence-electron chi connectivity index (χ2n) is 26.5. The van der Waals surface area contributed by atoms with E-state index in [0.717, 1.165) is 34.1 Å². The lowest BCUT2D eigenvalue weighted by atomic mass is 9.81. The molecule has 2 nitrogen and oxygen atoms in total. The minimum Gasteiger partial charge on any atom is -0.310 e. The number of hydrogen-bond donors (Lipinski definition) is 0. The van der Waals surface area contributed by atoms with Gasteiger partial charge in [0.1, 0.15) is 0 Å². The van der Waals surface area contributed by atoms with E-state index in [1.807, 2.05) is 0 Å². The van der Waals surface area contributed by atoms with Crippen molar-refractivity contribution in [1.82, 2.24) is 0 Å². The van der Waals surface area contributed by atoms with Crippen LogP contribution in [0.2, 0.25) is 0 Å². The van der Waals surface area contributed by atoms with Crippen LogP contribution in [0.15, 0.2) is 291 Å². The van der Waals surface area contributed by atoms with Gasteiger partial charge in [0.05, 0.1) is 0 Å². The van der Waals surface area contributed by atoms with Crippen molar-refractivity contribution in [2.24, 2.45) is 0 Å². The molecule has 0 spiro atoms. The van der Waals surface area contributed by atoms with Crippen LogP contribution in [0.25, 0.3) is 122 Å². The zero-order valence-corrected chi connectivity index (χ0v) is 51.9. The van der Waals surface area contributed by atoms with E-state index in [-0.39, 0.29) is 10.8 Å². The highest BCUT2D eigenvalue weighted by Crippen LogP contribution is 2.54. The lowest BCUT2D eigenvalue weighted by molar-refractivity contribution is 0.660. The van der Waals surface area contributed by atoms with E-state index in [0.29, 0.717) is 0 Å². The molecule has 16 aromatic rings. The van der Waals surface area contributed by atoms with Crippen LogP contribution in [0.4, 0.5) is 34.1 Å². The maximum atomic E-state index is 2.44. The molecule has 16 aromatic carbocycles. The van der Waals surface area contributed by atoms with Crippen molar-refractivity contribution in [2.75, 3.05) is 9.80 Å². The molecule has 2 heteroatoms. The molecular weight excluding hydrogens is 1110 g/mol. The van der Waals surface area contributed by atoms with Gasteiger partial charge < -0.3 is 9.80 Å². The summed E-state index contributed by atoms with van der Waals surface area (Å²) < 4.78 is 0. The lowest BCUT2D eigenvalue weighted by Gasteiger charge is -2.28. The molecule has 0 heterocycles. The first kappa shape index (κ1) is 53.7. The smallest absolute Gasteiger partial charge is 0.0468 e.